The highest BCUT2D eigenvalue weighted by atomic mass is 35.5. The fourth-order valence-electron chi connectivity index (χ4n) is 2.13. The van der Waals surface area contributed by atoms with E-state index in [1.165, 1.54) is 0 Å². The molecule has 0 saturated heterocycles. The van der Waals surface area contributed by atoms with E-state index in [2.05, 4.69) is 4.98 Å². The fraction of sp³-hybridized carbons (Fsp3) is 0.118. The van der Waals surface area contributed by atoms with Crippen LogP contribution in [0.1, 0.15) is 5.89 Å². The molecule has 20 heavy (non-hydrogen) atoms. The van der Waals surface area contributed by atoms with Crippen molar-refractivity contribution in [2.45, 2.75) is 6.42 Å². The first-order chi connectivity index (χ1) is 9.88. The molecule has 0 saturated carbocycles. The van der Waals surface area contributed by atoms with Gasteiger partial charge in [0.15, 0.2) is 11.7 Å². The lowest BCUT2D eigenvalue weighted by atomic mass is 10.1. The summed E-state index contributed by atoms with van der Waals surface area (Å²) in [4.78, 5) is 4.60. The van der Waals surface area contributed by atoms with Crippen molar-refractivity contribution in [3.8, 4) is 22.6 Å². The van der Waals surface area contributed by atoms with Crippen LogP contribution >= 0.6 is 11.6 Å². The average molecular weight is 284 g/mol. The number of alkyl halides is 1. The quantitative estimate of drug-likeness (QED) is 0.644. The summed E-state index contributed by atoms with van der Waals surface area (Å²) >= 11 is 5.79. The molecule has 0 aliphatic rings. The van der Waals surface area contributed by atoms with Crippen molar-refractivity contribution in [2.75, 3.05) is 5.88 Å². The number of halogens is 1. The molecule has 1 aromatic heterocycles. The van der Waals surface area contributed by atoms with Gasteiger partial charge in [-0.15, -0.1) is 11.6 Å². The molecule has 0 spiro atoms. The van der Waals surface area contributed by atoms with Crippen LogP contribution < -0.4 is 0 Å². The lowest BCUT2D eigenvalue weighted by Crippen LogP contribution is -1.85. The molecular formula is C17H14ClNO. The van der Waals surface area contributed by atoms with Crippen molar-refractivity contribution in [3.63, 3.8) is 0 Å². The molecule has 0 fully saturated rings. The number of rotatable bonds is 4. The molecule has 0 unspecified atom stereocenters. The van der Waals surface area contributed by atoms with Crippen molar-refractivity contribution in [3.05, 3.63) is 66.6 Å². The second-order valence-electron chi connectivity index (χ2n) is 4.46. The van der Waals surface area contributed by atoms with Gasteiger partial charge in [-0.25, -0.2) is 4.98 Å². The zero-order valence-corrected chi connectivity index (χ0v) is 11.7. The second-order valence-corrected chi connectivity index (χ2v) is 4.83. The van der Waals surface area contributed by atoms with E-state index in [9.17, 15) is 0 Å². The van der Waals surface area contributed by atoms with Gasteiger partial charge < -0.3 is 4.42 Å². The lowest BCUT2D eigenvalue weighted by molar-refractivity contribution is 0.515. The SMILES string of the molecule is ClCCc1nc(-c2ccccc2)c(-c2ccccc2)o1. The van der Waals surface area contributed by atoms with Crippen LogP contribution in [-0.2, 0) is 6.42 Å². The third-order valence-corrected chi connectivity index (χ3v) is 3.25. The van der Waals surface area contributed by atoms with E-state index in [-0.39, 0.29) is 0 Å². The highest BCUT2D eigenvalue weighted by Crippen LogP contribution is 2.32. The minimum Gasteiger partial charge on any atom is -0.440 e. The van der Waals surface area contributed by atoms with Gasteiger partial charge in [0.1, 0.15) is 5.69 Å². The summed E-state index contributed by atoms with van der Waals surface area (Å²) in [7, 11) is 0. The van der Waals surface area contributed by atoms with Crippen LogP contribution in [0, 0.1) is 0 Å². The van der Waals surface area contributed by atoms with Gasteiger partial charge >= 0.3 is 0 Å². The number of aryl methyl sites for hydroxylation is 1. The van der Waals surface area contributed by atoms with Crippen molar-refractivity contribution in [2.24, 2.45) is 0 Å². The van der Waals surface area contributed by atoms with E-state index in [0.717, 1.165) is 22.6 Å². The Morgan fingerprint density at radius 3 is 2.05 bits per heavy atom. The Morgan fingerprint density at radius 2 is 1.45 bits per heavy atom. The van der Waals surface area contributed by atoms with E-state index < -0.39 is 0 Å². The van der Waals surface area contributed by atoms with Gasteiger partial charge in [-0.05, 0) is 0 Å². The molecule has 3 heteroatoms. The molecule has 0 amide bonds. The summed E-state index contributed by atoms with van der Waals surface area (Å²) in [6.07, 6.45) is 0.633. The maximum absolute atomic E-state index is 5.90. The van der Waals surface area contributed by atoms with Crippen molar-refractivity contribution in [1.29, 1.82) is 0 Å². The van der Waals surface area contributed by atoms with Gasteiger partial charge in [-0.2, -0.15) is 0 Å². The van der Waals surface area contributed by atoms with Crippen LogP contribution in [0.15, 0.2) is 65.1 Å². The molecule has 0 aliphatic heterocycles. The van der Waals surface area contributed by atoms with Crippen LogP contribution in [0.25, 0.3) is 22.6 Å². The molecule has 2 aromatic carbocycles. The van der Waals surface area contributed by atoms with Crippen molar-refractivity contribution in [1.82, 2.24) is 4.98 Å². The van der Waals surface area contributed by atoms with Crippen LogP contribution in [0.2, 0.25) is 0 Å². The zero-order valence-electron chi connectivity index (χ0n) is 10.9. The summed E-state index contributed by atoms with van der Waals surface area (Å²) < 4.78 is 5.90. The Bertz CT molecular complexity index is 620. The molecule has 0 N–H and O–H groups in total. The summed E-state index contributed by atoms with van der Waals surface area (Å²) in [5, 5.41) is 0. The van der Waals surface area contributed by atoms with E-state index in [0.29, 0.717) is 18.2 Å². The molecule has 0 radical (unpaired) electrons. The second kappa shape index (κ2) is 5.93. The van der Waals surface area contributed by atoms with Gasteiger partial charge in [0.2, 0.25) is 0 Å². The number of hydrogen-bond acceptors (Lipinski definition) is 2. The molecule has 3 rings (SSSR count). The first kappa shape index (κ1) is 12.9. The highest BCUT2D eigenvalue weighted by Gasteiger charge is 2.16. The molecular weight excluding hydrogens is 270 g/mol. The highest BCUT2D eigenvalue weighted by molar-refractivity contribution is 6.17. The summed E-state index contributed by atoms with van der Waals surface area (Å²) in [5.74, 6) is 1.98. The number of benzene rings is 2. The van der Waals surface area contributed by atoms with Crippen LogP contribution in [0.4, 0.5) is 0 Å². The van der Waals surface area contributed by atoms with E-state index in [1.54, 1.807) is 0 Å². The number of nitrogens with zero attached hydrogens (tertiary/aromatic N) is 1. The fourth-order valence-corrected chi connectivity index (χ4v) is 2.29. The van der Waals surface area contributed by atoms with Crippen LogP contribution in [0.3, 0.4) is 0 Å². The number of oxazole rings is 1. The average Bonchev–Trinajstić information content (AvgIpc) is 2.93. The minimum atomic E-state index is 0.503. The predicted octanol–water partition coefficient (Wildman–Crippen LogP) is 4.79. The predicted molar refractivity (Wildman–Crippen MR) is 81.8 cm³/mol. The summed E-state index contributed by atoms with van der Waals surface area (Å²) in [5.41, 5.74) is 2.95. The largest absolute Gasteiger partial charge is 0.440 e. The topological polar surface area (TPSA) is 26.0 Å². The Hall–Kier alpha value is -2.06. The monoisotopic (exact) mass is 283 g/mol. The van der Waals surface area contributed by atoms with Crippen molar-refractivity contribution < 1.29 is 4.42 Å². The van der Waals surface area contributed by atoms with Crippen LogP contribution in [-0.4, -0.2) is 10.9 Å². The van der Waals surface area contributed by atoms with Gasteiger partial charge in [0.25, 0.3) is 0 Å². The van der Waals surface area contributed by atoms with Gasteiger partial charge in [-0.1, -0.05) is 60.7 Å². The van der Waals surface area contributed by atoms with Gasteiger partial charge in [0, 0.05) is 23.4 Å². The maximum Gasteiger partial charge on any atom is 0.196 e. The Morgan fingerprint density at radius 1 is 0.850 bits per heavy atom. The Kier molecular flexibility index (Phi) is 3.84. The van der Waals surface area contributed by atoms with Crippen molar-refractivity contribution >= 4 is 11.6 Å². The zero-order chi connectivity index (χ0) is 13.8. The number of hydrogen-bond donors (Lipinski definition) is 0. The third-order valence-electron chi connectivity index (χ3n) is 3.06. The normalized spacial score (nSPS) is 10.7. The Labute approximate surface area is 123 Å². The Balaban J connectivity index is 2.13. The molecule has 0 bridgehead atoms. The lowest BCUT2D eigenvalue weighted by Gasteiger charge is -2.00. The van der Waals surface area contributed by atoms with Gasteiger partial charge in [-0.3, -0.25) is 0 Å². The third kappa shape index (κ3) is 2.61. The minimum absolute atomic E-state index is 0.503. The van der Waals surface area contributed by atoms with E-state index >= 15 is 0 Å². The first-order valence-corrected chi connectivity index (χ1v) is 7.08. The molecule has 2 nitrogen and oxygen atoms in total. The van der Waals surface area contributed by atoms with Gasteiger partial charge in [0.05, 0.1) is 0 Å². The summed E-state index contributed by atoms with van der Waals surface area (Å²) in [6, 6.07) is 20.1. The standard InChI is InChI=1S/C17H14ClNO/c18-12-11-15-19-16(13-7-3-1-4-8-13)17(20-15)14-9-5-2-6-10-14/h1-10H,11-12H2. The molecule has 100 valence electrons. The molecule has 0 atom stereocenters. The van der Waals surface area contributed by atoms with E-state index in [1.807, 2.05) is 60.7 Å². The summed E-state index contributed by atoms with van der Waals surface area (Å²) in [6.45, 7) is 0. The smallest absolute Gasteiger partial charge is 0.196 e. The van der Waals surface area contributed by atoms with E-state index in [4.69, 9.17) is 16.0 Å². The maximum atomic E-state index is 5.90. The molecule has 0 aliphatic carbocycles. The number of aromatic nitrogens is 1. The molecule has 3 aromatic rings. The molecule has 1 heterocycles. The first-order valence-electron chi connectivity index (χ1n) is 6.55. The van der Waals surface area contributed by atoms with Crippen LogP contribution in [0.5, 0.6) is 0 Å².